The maximum Gasteiger partial charge on any atom is 0.273 e. The first-order valence-corrected chi connectivity index (χ1v) is 9.89. The van der Waals surface area contributed by atoms with Gasteiger partial charge in [0.1, 0.15) is 4.21 Å². The van der Waals surface area contributed by atoms with Crippen LogP contribution in [0.25, 0.3) is 0 Å². The Balaban J connectivity index is 1.62. The van der Waals surface area contributed by atoms with Crippen molar-refractivity contribution in [2.45, 2.75) is 49.3 Å². The zero-order valence-corrected chi connectivity index (χ0v) is 14.3. The fourth-order valence-corrected chi connectivity index (χ4v) is 6.91. The average molecular weight is 341 g/mol. The highest BCUT2D eigenvalue weighted by Gasteiger charge is 2.77. The van der Waals surface area contributed by atoms with Crippen molar-refractivity contribution in [1.82, 2.24) is 4.72 Å². The molecular formula is C15H19NO4S2. The minimum absolute atomic E-state index is 0.189. The molecule has 1 N–H and O–H groups in total. The van der Waals surface area contributed by atoms with E-state index >= 15 is 0 Å². The largest absolute Gasteiger partial charge is 0.374 e. The number of ether oxygens (including phenoxy) is 1. The predicted molar refractivity (Wildman–Crippen MR) is 82.2 cm³/mol. The van der Waals surface area contributed by atoms with Crippen LogP contribution in [0.1, 0.15) is 36.1 Å². The molecule has 2 atom stereocenters. The fraction of sp³-hybridized carbons (Fsp3) is 0.667. The SMILES string of the molecule is Cc1cc(C)c(S(=O)(=O)NC(=O)[C@]23C[C@H]2COC32CCC2)s1. The topological polar surface area (TPSA) is 72.5 Å². The van der Waals surface area contributed by atoms with Crippen LogP contribution in [0, 0.1) is 25.2 Å². The third kappa shape index (κ3) is 1.73. The summed E-state index contributed by atoms with van der Waals surface area (Å²) in [6.45, 7) is 4.21. The van der Waals surface area contributed by atoms with Gasteiger partial charge in [0.15, 0.2) is 0 Å². The zero-order chi connectivity index (χ0) is 15.8. The van der Waals surface area contributed by atoms with Crippen molar-refractivity contribution in [2.24, 2.45) is 11.3 Å². The van der Waals surface area contributed by atoms with Crippen LogP contribution in [0.3, 0.4) is 0 Å². The van der Waals surface area contributed by atoms with Crippen LogP contribution in [-0.4, -0.2) is 26.5 Å². The van der Waals surface area contributed by atoms with Gasteiger partial charge in [0.05, 0.1) is 17.6 Å². The molecule has 120 valence electrons. The van der Waals surface area contributed by atoms with Gasteiger partial charge >= 0.3 is 0 Å². The first-order chi connectivity index (χ1) is 10.3. The minimum atomic E-state index is -3.79. The summed E-state index contributed by atoms with van der Waals surface area (Å²) in [4.78, 5) is 13.7. The average Bonchev–Trinajstić information content (AvgIpc) is 2.86. The first-order valence-electron chi connectivity index (χ1n) is 7.59. The van der Waals surface area contributed by atoms with Crippen molar-refractivity contribution in [3.8, 4) is 0 Å². The molecule has 1 amide bonds. The van der Waals surface area contributed by atoms with E-state index in [0.29, 0.717) is 12.2 Å². The van der Waals surface area contributed by atoms with E-state index in [1.807, 2.05) is 13.0 Å². The predicted octanol–water partition coefficient (Wildman–Crippen LogP) is 2.13. The first kappa shape index (κ1) is 14.7. The highest BCUT2D eigenvalue weighted by Crippen LogP contribution is 2.71. The van der Waals surface area contributed by atoms with E-state index < -0.39 is 21.0 Å². The number of rotatable bonds is 3. The lowest BCUT2D eigenvalue weighted by atomic mass is 9.68. The smallest absolute Gasteiger partial charge is 0.273 e. The van der Waals surface area contributed by atoms with E-state index in [2.05, 4.69) is 4.72 Å². The van der Waals surface area contributed by atoms with Gasteiger partial charge in [0, 0.05) is 10.8 Å². The molecule has 0 bridgehead atoms. The number of hydrogen-bond donors (Lipinski definition) is 1. The summed E-state index contributed by atoms with van der Waals surface area (Å²) in [6.07, 6.45) is 3.55. The molecule has 1 spiro atoms. The molecule has 3 aliphatic rings. The maximum absolute atomic E-state index is 12.8. The lowest BCUT2D eigenvalue weighted by Crippen LogP contribution is -2.53. The molecule has 1 aromatic heterocycles. The number of thiophene rings is 1. The van der Waals surface area contributed by atoms with E-state index in [9.17, 15) is 13.2 Å². The van der Waals surface area contributed by atoms with Crippen LogP contribution in [0.2, 0.25) is 0 Å². The van der Waals surface area contributed by atoms with Crippen LogP contribution in [0.5, 0.6) is 0 Å². The maximum atomic E-state index is 12.8. The van der Waals surface area contributed by atoms with Gasteiger partial charge in [-0.15, -0.1) is 11.3 Å². The standard InChI is InChI=1S/C15H19NO4S2/c1-9-6-10(2)21-12(9)22(18,19)16-13(17)15-7-11(15)8-20-14(15)4-3-5-14/h6,11H,3-5,7-8H2,1-2H3,(H,16,17)/t11-,15-/m0/s1. The van der Waals surface area contributed by atoms with Gasteiger partial charge in [0.2, 0.25) is 5.91 Å². The molecule has 0 radical (unpaired) electrons. The van der Waals surface area contributed by atoms with Crippen molar-refractivity contribution in [1.29, 1.82) is 0 Å². The molecule has 0 unspecified atom stereocenters. The van der Waals surface area contributed by atoms with Crippen molar-refractivity contribution in [2.75, 3.05) is 6.61 Å². The molecule has 2 saturated carbocycles. The van der Waals surface area contributed by atoms with Crippen LogP contribution >= 0.6 is 11.3 Å². The van der Waals surface area contributed by atoms with Crippen molar-refractivity contribution >= 4 is 27.3 Å². The molecule has 1 aliphatic heterocycles. The number of carbonyl (C=O) groups excluding carboxylic acids is 1. The van der Waals surface area contributed by atoms with Gasteiger partial charge in [-0.05, 0) is 51.2 Å². The van der Waals surface area contributed by atoms with Gasteiger partial charge in [0.25, 0.3) is 10.0 Å². The molecule has 22 heavy (non-hydrogen) atoms. The summed E-state index contributed by atoms with van der Waals surface area (Å²) >= 11 is 1.20. The van der Waals surface area contributed by atoms with Crippen LogP contribution in [0.15, 0.2) is 10.3 Å². The van der Waals surface area contributed by atoms with E-state index in [4.69, 9.17) is 4.74 Å². The molecule has 2 heterocycles. The number of hydrogen-bond acceptors (Lipinski definition) is 5. The highest BCUT2D eigenvalue weighted by atomic mass is 32.2. The van der Waals surface area contributed by atoms with E-state index in [1.54, 1.807) is 6.92 Å². The molecule has 7 heteroatoms. The Morgan fingerprint density at radius 3 is 2.64 bits per heavy atom. The zero-order valence-electron chi connectivity index (χ0n) is 12.6. The third-order valence-electron chi connectivity index (χ3n) is 5.51. The fourth-order valence-electron chi connectivity index (χ4n) is 4.20. The van der Waals surface area contributed by atoms with Crippen molar-refractivity contribution in [3.63, 3.8) is 0 Å². The normalized spacial score (nSPS) is 31.6. The second-order valence-electron chi connectivity index (χ2n) is 6.79. The molecule has 4 rings (SSSR count). The number of carbonyl (C=O) groups is 1. The van der Waals surface area contributed by atoms with Crippen molar-refractivity contribution in [3.05, 3.63) is 16.5 Å². The van der Waals surface area contributed by atoms with Gasteiger partial charge in [-0.3, -0.25) is 4.79 Å². The summed E-state index contributed by atoms with van der Waals surface area (Å²) in [5, 5.41) is 0. The lowest BCUT2D eigenvalue weighted by molar-refractivity contribution is -0.147. The molecule has 2 aliphatic carbocycles. The van der Waals surface area contributed by atoms with Crippen LogP contribution < -0.4 is 4.72 Å². The second kappa shape index (κ2) is 4.33. The molecule has 1 saturated heterocycles. The lowest BCUT2D eigenvalue weighted by Gasteiger charge is -2.44. The van der Waals surface area contributed by atoms with E-state index in [1.165, 1.54) is 11.3 Å². The highest BCUT2D eigenvalue weighted by molar-refractivity contribution is 7.92. The quantitative estimate of drug-likeness (QED) is 0.914. The van der Waals surface area contributed by atoms with Crippen LogP contribution in [-0.2, 0) is 19.6 Å². The number of sulfonamides is 1. The summed E-state index contributed by atoms with van der Waals surface area (Å²) in [6, 6.07) is 1.83. The van der Waals surface area contributed by atoms with Crippen LogP contribution in [0.4, 0.5) is 0 Å². The number of amides is 1. The molecular weight excluding hydrogens is 322 g/mol. The van der Waals surface area contributed by atoms with Gasteiger partial charge in [-0.2, -0.15) is 0 Å². The number of fused-ring (bicyclic) bond motifs is 2. The third-order valence-corrected chi connectivity index (χ3v) is 8.63. The Labute approximate surface area is 134 Å². The van der Waals surface area contributed by atoms with Gasteiger partial charge in [-0.25, -0.2) is 13.1 Å². The number of aryl methyl sites for hydroxylation is 2. The van der Waals surface area contributed by atoms with E-state index in [0.717, 1.165) is 30.6 Å². The van der Waals surface area contributed by atoms with Crippen molar-refractivity contribution < 1.29 is 17.9 Å². The Morgan fingerprint density at radius 1 is 1.41 bits per heavy atom. The summed E-state index contributed by atoms with van der Waals surface area (Å²) in [5.74, 6) is -0.172. The molecule has 5 nitrogen and oxygen atoms in total. The Bertz CT molecular complexity index is 763. The molecule has 3 fully saturated rings. The molecule has 0 aromatic carbocycles. The minimum Gasteiger partial charge on any atom is -0.374 e. The Morgan fingerprint density at radius 2 is 2.14 bits per heavy atom. The Hall–Kier alpha value is -0.920. The summed E-state index contributed by atoms with van der Waals surface area (Å²) in [5.41, 5.74) is -0.301. The van der Waals surface area contributed by atoms with E-state index in [-0.39, 0.29) is 16.0 Å². The second-order valence-corrected chi connectivity index (χ2v) is 9.93. The summed E-state index contributed by atoms with van der Waals surface area (Å²) < 4.78 is 33.5. The van der Waals surface area contributed by atoms with Gasteiger partial charge in [-0.1, -0.05) is 0 Å². The number of nitrogens with one attached hydrogen (secondary N) is 1. The summed E-state index contributed by atoms with van der Waals surface area (Å²) in [7, 11) is -3.79. The van der Waals surface area contributed by atoms with Gasteiger partial charge < -0.3 is 4.74 Å². The molecule has 1 aromatic rings. The monoisotopic (exact) mass is 341 g/mol. The Kier molecular flexibility index (Phi) is 2.89.